The van der Waals surface area contributed by atoms with Crippen LogP contribution in [0.3, 0.4) is 0 Å². The second-order valence-corrected chi connectivity index (χ2v) is 6.64. The van der Waals surface area contributed by atoms with Crippen molar-refractivity contribution in [2.75, 3.05) is 13.7 Å². The molecule has 0 saturated heterocycles. The molecule has 0 atom stereocenters. The van der Waals surface area contributed by atoms with E-state index in [4.69, 9.17) is 46.6 Å². The van der Waals surface area contributed by atoms with Gasteiger partial charge in [0.1, 0.15) is 11.1 Å². The molecule has 1 aliphatic rings. The Kier molecular flexibility index (Phi) is 9.28. The molecule has 4 N–H and O–H groups in total. The lowest BCUT2D eigenvalue weighted by Gasteiger charge is -2.26. The molecule has 0 amide bonds. The van der Waals surface area contributed by atoms with Crippen LogP contribution in [0.2, 0.25) is 0 Å². The van der Waals surface area contributed by atoms with Gasteiger partial charge in [0.15, 0.2) is 5.60 Å². The third kappa shape index (κ3) is 8.31. The standard InChI is InChI=1S/C17H20ClN3O2.C2H2O4/c1-22-15-14(6-4-11-21-15)5-2-3-12-23-16(13-19)7-9-17(18,20)10-8-16;3-1(4)2(5)6/h4,6-11H,2-3,5,12,20H2,1H3;(H,3,4)(H,5,6). The van der Waals surface area contributed by atoms with Crippen molar-refractivity contribution in [3.05, 3.63) is 48.2 Å². The predicted molar refractivity (Wildman–Crippen MR) is 104 cm³/mol. The number of carboxylic acids is 2. The summed E-state index contributed by atoms with van der Waals surface area (Å²) in [4.78, 5) is 21.3. The molecule has 0 fully saturated rings. The first-order valence-electron chi connectivity index (χ1n) is 8.52. The van der Waals surface area contributed by atoms with Gasteiger partial charge in [0.2, 0.25) is 5.88 Å². The molecular formula is C19H22ClN3O6. The van der Waals surface area contributed by atoms with Crippen molar-refractivity contribution in [1.82, 2.24) is 4.98 Å². The molecule has 0 spiro atoms. The summed E-state index contributed by atoms with van der Waals surface area (Å²) in [6, 6.07) is 6.03. The SMILES string of the molecule is COc1ncccc1CCCCOC1(C#N)C=CC(N)(Cl)C=C1.O=C(O)C(=O)O. The number of hydrogen-bond donors (Lipinski definition) is 3. The average Bonchev–Trinajstić information content (AvgIpc) is 2.70. The summed E-state index contributed by atoms with van der Waals surface area (Å²) in [5.41, 5.74) is 5.72. The normalized spacial score (nSPS) is 22.1. The van der Waals surface area contributed by atoms with Gasteiger partial charge in [0.05, 0.1) is 7.11 Å². The zero-order chi connectivity index (χ0) is 21.9. The molecule has 9 nitrogen and oxygen atoms in total. The number of carboxylic acid groups (broad SMARTS) is 2. The second-order valence-electron chi connectivity index (χ2n) is 5.99. The van der Waals surface area contributed by atoms with Crippen molar-refractivity contribution in [3.63, 3.8) is 0 Å². The molecule has 1 aromatic rings. The van der Waals surface area contributed by atoms with Crippen LogP contribution in [0.1, 0.15) is 18.4 Å². The van der Waals surface area contributed by atoms with E-state index in [1.54, 1.807) is 37.6 Å². The fraction of sp³-hybridized carbons (Fsp3) is 0.368. The van der Waals surface area contributed by atoms with E-state index >= 15 is 0 Å². The van der Waals surface area contributed by atoms with Gasteiger partial charge in [0, 0.05) is 18.4 Å². The van der Waals surface area contributed by atoms with E-state index in [1.807, 2.05) is 12.1 Å². The van der Waals surface area contributed by atoms with Gasteiger partial charge in [-0.2, -0.15) is 5.26 Å². The number of carbonyl (C=O) groups is 2. The maximum Gasteiger partial charge on any atom is 0.414 e. The van der Waals surface area contributed by atoms with E-state index in [2.05, 4.69) is 11.1 Å². The van der Waals surface area contributed by atoms with Crippen LogP contribution >= 0.6 is 11.6 Å². The Balaban J connectivity index is 0.000000612. The molecule has 0 aromatic carbocycles. The number of aromatic nitrogens is 1. The lowest BCUT2D eigenvalue weighted by atomic mass is 9.97. The Bertz CT molecular complexity index is 788. The highest BCUT2D eigenvalue weighted by Crippen LogP contribution is 2.26. The molecular weight excluding hydrogens is 402 g/mol. The highest BCUT2D eigenvalue weighted by Gasteiger charge is 2.31. The lowest BCUT2D eigenvalue weighted by Crippen LogP contribution is -2.36. The van der Waals surface area contributed by atoms with Gasteiger partial charge in [-0.15, -0.1) is 0 Å². The first kappa shape index (κ1) is 24.1. The summed E-state index contributed by atoms with van der Waals surface area (Å²) in [6.45, 7) is 0.463. The second kappa shape index (κ2) is 11.2. The zero-order valence-electron chi connectivity index (χ0n) is 15.7. The Morgan fingerprint density at radius 3 is 2.38 bits per heavy atom. The number of alkyl halides is 1. The number of nitrogens with zero attached hydrogens (tertiary/aromatic N) is 2. The summed E-state index contributed by atoms with van der Waals surface area (Å²) in [6.07, 6.45) is 10.6. The first-order valence-corrected chi connectivity index (χ1v) is 8.90. The molecule has 1 aliphatic carbocycles. The summed E-state index contributed by atoms with van der Waals surface area (Å²) in [5.74, 6) is -2.99. The van der Waals surface area contributed by atoms with Crippen LogP contribution in [0, 0.1) is 11.3 Å². The quantitative estimate of drug-likeness (QED) is 0.196. The number of halogens is 1. The van der Waals surface area contributed by atoms with E-state index in [-0.39, 0.29) is 0 Å². The topological polar surface area (TPSA) is 156 Å². The molecule has 29 heavy (non-hydrogen) atoms. The van der Waals surface area contributed by atoms with E-state index in [0.29, 0.717) is 12.5 Å². The molecule has 0 unspecified atom stereocenters. The predicted octanol–water partition coefficient (Wildman–Crippen LogP) is 1.87. The van der Waals surface area contributed by atoms with Gasteiger partial charge in [-0.05, 0) is 49.6 Å². The molecule has 0 bridgehead atoms. The van der Waals surface area contributed by atoms with Crippen LogP contribution < -0.4 is 10.5 Å². The Hall–Kier alpha value is -2.93. The maximum atomic E-state index is 9.33. The van der Waals surface area contributed by atoms with Gasteiger partial charge in [-0.3, -0.25) is 0 Å². The Labute approximate surface area is 173 Å². The minimum Gasteiger partial charge on any atom is -0.481 e. The number of aliphatic carboxylic acids is 2. The van der Waals surface area contributed by atoms with E-state index in [9.17, 15) is 5.26 Å². The van der Waals surface area contributed by atoms with Gasteiger partial charge in [-0.1, -0.05) is 17.7 Å². The number of methoxy groups -OCH3 is 1. The fourth-order valence-electron chi connectivity index (χ4n) is 2.27. The molecule has 0 saturated carbocycles. The van der Waals surface area contributed by atoms with Crippen LogP contribution in [-0.4, -0.2) is 51.5 Å². The number of nitrogens with two attached hydrogens (primary N) is 1. The van der Waals surface area contributed by atoms with Crippen LogP contribution in [0.5, 0.6) is 5.88 Å². The largest absolute Gasteiger partial charge is 0.481 e. The Morgan fingerprint density at radius 1 is 1.24 bits per heavy atom. The van der Waals surface area contributed by atoms with Gasteiger partial charge in [-0.25, -0.2) is 14.6 Å². The highest BCUT2D eigenvalue weighted by atomic mass is 35.5. The molecule has 2 rings (SSSR count). The summed E-state index contributed by atoms with van der Waals surface area (Å²) in [5, 5.41) is 24.1. The van der Waals surface area contributed by atoms with E-state index in [0.717, 1.165) is 24.8 Å². The molecule has 0 aliphatic heterocycles. The van der Waals surface area contributed by atoms with Crippen LogP contribution in [0.25, 0.3) is 0 Å². The minimum absolute atomic E-state index is 0.463. The van der Waals surface area contributed by atoms with Crippen molar-refractivity contribution >= 4 is 23.5 Å². The number of hydrogen-bond acceptors (Lipinski definition) is 7. The summed E-state index contributed by atoms with van der Waals surface area (Å²) >= 11 is 5.96. The smallest absolute Gasteiger partial charge is 0.414 e. The van der Waals surface area contributed by atoms with Crippen molar-refractivity contribution in [2.24, 2.45) is 5.73 Å². The van der Waals surface area contributed by atoms with Crippen molar-refractivity contribution < 1.29 is 29.3 Å². The molecule has 10 heteroatoms. The summed E-state index contributed by atoms with van der Waals surface area (Å²) in [7, 11) is 1.61. The van der Waals surface area contributed by atoms with Crippen molar-refractivity contribution in [2.45, 2.75) is 29.9 Å². The monoisotopic (exact) mass is 423 g/mol. The minimum atomic E-state index is -1.82. The number of unbranched alkanes of at least 4 members (excludes halogenated alkanes) is 1. The molecule has 1 heterocycles. The van der Waals surface area contributed by atoms with Gasteiger partial charge in [0.25, 0.3) is 0 Å². The molecule has 156 valence electrons. The van der Waals surface area contributed by atoms with Gasteiger partial charge >= 0.3 is 11.9 Å². The Morgan fingerprint density at radius 2 is 1.86 bits per heavy atom. The van der Waals surface area contributed by atoms with Crippen LogP contribution in [0.15, 0.2) is 42.6 Å². The third-order valence-corrected chi connectivity index (χ3v) is 4.01. The molecule has 0 radical (unpaired) electrons. The van der Waals surface area contributed by atoms with Crippen molar-refractivity contribution in [3.8, 4) is 11.9 Å². The van der Waals surface area contributed by atoms with Gasteiger partial charge < -0.3 is 25.4 Å². The van der Waals surface area contributed by atoms with E-state index < -0.39 is 22.5 Å². The number of aryl methyl sites for hydroxylation is 1. The number of ether oxygens (including phenoxy) is 2. The third-order valence-electron chi connectivity index (χ3n) is 3.76. The first-order chi connectivity index (χ1) is 13.6. The zero-order valence-corrected chi connectivity index (χ0v) is 16.5. The van der Waals surface area contributed by atoms with Crippen molar-refractivity contribution in [1.29, 1.82) is 5.26 Å². The van der Waals surface area contributed by atoms with E-state index in [1.165, 1.54) is 0 Å². The lowest BCUT2D eigenvalue weighted by molar-refractivity contribution is -0.159. The fourth-order valence-corrected chi connectivity index (χ4v) is 2.40. The van der Waals surface area contributed by atoms with Crippen LogP contribution in [-0.2, 0) is 20.7 Å². The van der Waals surface area contributed by atoms with Crippen LogP contribution in [0.4, 0.5) is 0 Å². The molecule has 1 aromatic heterocycles. The maximum absolute atomic E-state index is 9.33. The average molecular weight is 424 g/mol. The highest BCUT2D eigenvalue weighted by molar-refractivity contribution is 6.27. The summed E-state index contributed by atoms with van der Waals surface area (Å²) < 4.78 is 10.9. The number of pyridine rings is 1. The number of rotatable bonds is 7. The number of nitriles is 1.